The average molecular weight is 261 g/mol. The van der Waals surface area contributed by atoms with Crippen LogP contribution in [0.3, 0.4) is 0 Å². The average Bonchev–Trinajstić information content (AvgIpc) is 2.11. The summed E-state index contributed by atoms with van der Waals surface area (Å²) in [4.78, 5) is 11.1. The summed E-state index contributed by atoms with van der Waals surface area (Å²) in [6.07, 6.45) is -0.852. The van der Waals surface area contributed by atoms with E-state index in [-0.39, 0.29) is 18.0 Å². The number of rotatable bonds is 3. The molecule has 0 aliphatic heterocycles. The van der Waals surface area contributed by atoms with Crippen LogP contribution in [0.4, 0.5) is 4.39 Å². The van der Waals surface area contributed by atoms with Gasteiger partial charge in [-0.15, -0.1) is 0 Å². The molecule has 0 radical (unpaired) electrons. The molecule has 0 aliphatic carbocycles. The smallest absolute Gasteiger partial charge is 0.165 e. The highest BCUT2D eigenvalue weighted by Gasteiger charge is 2.10. The fraction of sp³-hybridized carbons (Fsp3) is 0.300. The van der Waals surface area contributed by atoms with Crippen molar-refractivity contribution in [1.82, 2.24) is 0 Å². The van der Waals surface area contributed by atoms with E-state index >= 15 is 0 Å². The highest BCUT2D eigenvalue weighted by atomic mass is 79.9. The van der Waals surface area contributed by atoms with E-state index in [1.807, 2.05) is 0 Å². The van der Waals surface area contributed by atoms with Gasteiger partial charge in [0.15, 0.2) is 5.78 Å². The highest BCUT2D eigenvalue weighted by Crippen LogP contribution is 2.17. The second-order valence-corrected chi connectivity index (χ2v) is 3.92. The molecule has 1 aromatic carbocycles. The number of aliphatic hydroxyl groups excluding tert-OH is 1. The van der Waals surface area contributed by atoms with Crippen molar-refractivity contribution in [2.75, 3.05) is 0 Å². The molecule has 1 aromatic rings. The number of hydrogen-bond acceptors (Lipinski definition) is 2. The Kier molecular flexibility index (Phi) is 3.77. The molecule has 1 unspecified atom stereocenters. The molecular weight excluding hydrogens is 251 g/mol. The highest BCUT2D eigenvalue weighted by molar-refractivity contribution is 9.10. The largest absolute Gasteiger partial charge is 0.386 e. The Labute approximate surface area is 89.9 Å². The molecule has 76 valence electrons. The molecule has 1 atom stereocenters. The molecule has 0 bridgehead atoms. The Hall–Kier alpha value is -0.740. The lowest BCUT2D eigenvalue weighted by atomic mass is 10.1. The van der Waals surface area contributed by atoms with E-state index in [1.165, 1.54) is 25.1 Å². The van der Waals surface area contributed by atoms with Crippen LogP contribution in [-0.4, -0.2) is 17.0 Å². The van der Waals surface area contributed by atoms with Gasteiger partial charge in [0.05, 0.1) is 4.47 Å². The molecule has 0 amide bonds. The Morgan fingerprint density at radius 2 is 2.29 bits per heavy atom. The van der Waals surface area contributed by atoms with E-state index in [9.17, 15) is 9.18 Å². The van der Waals surface area contributed by atoms with Crippen molar-refractivity contribution in [3.05, 3.63) is 34.1 Å². The van der Waals surface area contributed by atoms with Crippen molar-refractivity contribution in [1.29, 1.82) is 0 Å². The first-order valence-corrected chi connectivity index (χ1v) is 4.94. The van der Waals surface area contributed by atoms with Gasteiger partial charge in [-0.1, -0.05) is 6.07 Å². The minimum atomic E-state index is -0.973. The van der Waals surface area contributed by atoms with Crippen molar-refractivity contribution in [2.24, 2.45) is 0 Å². The van der Waals surface area contributed by atoms with E-state index in [0.29, 0.717) is 10.0 Å². The summed E-state index contributed by atoms with van der Waals surface area (Å²) in [6, 6.07) is 4.35. The summed E-state index contributed by atoms with van der Waals surface area (Å²) in [6.45, 7) is 1.42. The van der Waals surface area contributed by atoms with Gasteiger partial charge in [0.1, 0.15) is 11.9 Å². The van der Waals surface area contributed by atoms with Crippen molar-refractivity contribution >= 4 is 21.7 Å². The Balaban J connectivity index is 2.78. The summed E-state index contributed by atoms with van der Waals surface area (Å²) in [5, 5.41) is 8.97. The lowest BCUT2D eigenvalue weighted by Gasteiger charge is -2.04. The third-order valence-electron chi connectivity index (χ3n) is 1.83. The molecule has 0 saturated carbocycles. The molecule has 1 N–H and O–H groups in total. The summed E-state index contributed by atoms with van der Waals surface area (Å²) in [5.74, 6) is -0.637. The zero-order valence-corrected chi connectivity index (χ0v) is 9.21. The molecule has 0 fully saturated rings. The molecule has 1 rings (SSSR count). The van der Waals surface area contributed by atoms with Crippen LogP contribution >= 0.6 is 15.9 Å². The van der Waals surface area contributed by atoms with Crippen LogP contribution in [0.5, 0.6) is 0 Å². The number of hydrogen-bond donors (Lipinski definition) is 1. The fourth-order valence-corrected chi connectivity index (χ4v) is 1.42. The molecule has 4 heteroatoms. The predicted molar refractivity (Wildman–Crippen MR) is 54.5 cm³/mol. The first kappa shape index (κ1) is 11.3. The van der Waals surface area contributed by atoms with Gasteiger partial charge < -0.3 is 5.11 Å². The zero-order valence-electron chi connectivity index (χ0n) is 7.63. The topological polar surface area (TPSA) is 37.3 Å². The van der Waals surface area contributed by atoms with E-state index in [2.05, 4.69) is 15.9 Å². The predicted octanol–water partition coefficient (Wildman–Crippen LogP) is 2.08. The number of ketones is 1. The molecule has 0 aromatic heterocycles. The number of aliphatic hydroxyl groups is 1. The Morgan fingerprint density at radius 3 is 2.79 bits per heavy atom. The summed E-state index contributed by atoms with van der Waals surface area (Å²) >= 11 is 3.02. The van der Waals surface area contributed by atoms with Gasteiger partial charge >= 0.3 is 0 Å². The first-order chi connectivity index (χ1) is 6.50. The fourth-order valence-electron chi connectivity index (χ4n) is 0.998. The van der Waals surface area contributed by atoms with Crippen molar-refractivity contribution in [2.45, 2.75) is 19.4 Å². The lowest BCUT2D eigenvalue weighted by molar-refractivity contribution is -0.125. The van der Waals surface area contributed by atoms with Crippen molar-refractivity contribution < 1.29 is 14.3 Å². The van der Waals surface area contributed by atoms with Crippen LogP contribution in [0.15, 0.2) is 22.7 Å². The maximum Gasteiger partial charge on any atom is 0.165 e. The van der Waals surface area contributed by atoms with Gasteiger partial charge in [0, 0.05) is 6.42 Å². The van der Waals surface area contributed by atoms with Gasteiger partial charge in [-0.05, 0) is 40.5 Å². The quantitative estimate of drug-likeness (QED) is 0.904. The maximum atomic E-state index is 12.8. The second kappa shape index (κ2) is 4.66. The Morgan fingerprint density at radius 1 is 1.64 bits per heavy atom. The molecule has 0 spiro atoms. The zero-order chi connectivity index (χ0) is 10.7. The second-order valence-electron chi connectivity index (χ2n) is 3.07. The normalized spacial score (nSPS) is 12.6. The van der Waals surface area contributed by atoms with Crippen LogP contribution in [0.2, 0.25) is 0 Å². The van der Waals surface area contributed by atoms with E-state index < -0.39 is 6.10 Å². The third-order valence-corrected chi connectivity index (χ3v) is 2.44. The number of halogens is 2. The minimum absolute atomic E-state index is 0.122. The first-order valence-electron chi connectivity index (χ1n) is 4.15. The van der Waals surface area contributed by atoms with Gasteiger partial charge in [-0.25, -0.2) is 4.39 Å². The van der Waals surface area contributed by atoms with Gasteiger partial charge in [-0.2, -0.15) is 0 Å². The molecule has 0 saturated heterocycles. The summed E-state index contributed by atoms with van der Waals surface area (Å²) < 4.78 is 13.1. The van der Waals surface area contributed by atoms with E-state index in [4.69, 9.17) is 5.11 Å². The number of carbonyl (C=O) groups is 1. The molecule has 14 heavy (non-hydrogen) atoms. The molecular formula is C10H10BrFO2. The Bertz CT molecular complexity index is 350. The maximum absolute atomic E-state index is 12.8. The van der Waals surface area contributed by atoms with Crippen molar-refractivity contribution in [3.63, 3.8) is 0 Å². The molecule has 0 heterocycles. The van der Waals surface area contributed by atoms with Gasteiger partial charge in [0.25, 0.3) is 0 Å². The monoisotopic (exact) mass is 260 g/mol. The SMILES string of the molecule is CC(O)C(=O)Cc1ccc(F)c(Br)c1. The van der Waals surface area contributed by atoms with Crippen LogP contribution in [-0.2, 0) is 11.2 Å². The van der Waals surface area contributed by atoms with Gasteiger partial charge in [-0.3, -0.25) is 4.79 Å². The van der Waals surface area contributed by atoms with E-state index in [0.717, 1.165) is 0 Å². The van der Waals surface area contributed by atoms with E-state index in [1.54, 1.807) is 0 Å². The van der Waals surface area contributed by atoms with Crippen LogP contribution in [0, 0.1) is 5.82 Å². The standard InChI is InChI=1S/C10H10BrFO2/c1-6(13)10(14)5-7-2-3-9(12)8(11)4-7/h2-4,6,13H,5H2,1H3. The van der Waals surface area contributed by atoms with Crippen LogP contribution < -0.4 is 0 Å². The number of Topliss-reactive ketones (excluding diaryl/α,β-unsaturated/α-hetero) is 1. The van der Waals surface area contributed by atoms with Gasteiger partial charge in [0.2, 0.25) is 0 Å². The number of benzene rings is 1. The third kappa shape index (κ3) is 2.89. The minimum Gasteiger partial charge on any atom is -0.386 e. The van der Waals surface area contributed by atoms with Crippen LogP contribution in [0.1, 0.15) is 12.5 Å². The van der Waals surface area contributed by atoms with Crippen molar-refractivity contribution in [3.8, 4) is 0 Å². The molecule has 0 aliphatic rings. The summed E-state index contributed by atoms with van der Waals surface area (Å²) in [5.41, 5.74) is 0.684. The van der Waals surface area contributed by atoms with Crippen LogP contribution in [0.25, 0.3) is 0 Å². The summed E-state index contributed by atoms with van der Waals surface area (Å²) in [7, 11) is 0. The molecule has 2 nitrogen and oxygen atoms in total. The number of carbonyl (C=O) groups excluding carboxylic acids is 1. The lowest BCUT2D eigenvalue weighted by Crippen LogP contribution is -2.18.